The fraction of sp³-hybridized carbons (Fsp3) is 0.250. The van der Waals surface area contributed by atoms with E-state index in [2.05, 4.69) is 15.6 Å². The number of halogens is 4. The van der Waals surface area contributed by atoms with E-state index in [-0.39, 0.29) is 35.1 Å². The van der Waals surface area contributed by atoms with E-state index in [1.165, 1.54) is 24.3 Å². The molecule has 0 spiro atoms. The number of thiophene rings is 1. The number of hydrogen-bond acceptors (Lipinski definition) is 4. The maximum Gasteiger partial charge on any atom is 0.433 e. The number of nitrogens with one attached hydrogen (secondary N) is 2. The topological polar surface area (TPSA) is 71.1 Å². The van der Waals surface area contributed by atoms with Crippen LogP contribution in [-0.4, -0.2) is 29.9 Å². The van der Waals surface area contributed by atoms with E-state index in [1.54, 1.807) is 13.0 Å². The third-order valence-corrected chi connectivity index (χ3v) is 5.49. The average molecular weight is 439 g/mol. The molecule has 0 saturated heterocycles. The van der Waals surface area contributed by atoms with Gasteiger partial charge in [-0.15, -0.1) is 11.3 Å². The Labute approximate surface area is 173 Å². The van der Waals surface area contributed by atoms with Crippen LogP contribution < -0.4 is 10.6 Å². The number of aromatic nitrogens is 1. The lowest BCUT2D eigenvalue weighted by Crippen LogP contribution is -2.35. The first-order valence-corrected chi connectivity index (χ1v) is 9.73. The Morgan fingerprint density at radius 3 is 2.53 bits per heavy atom. The number of carbonyl (C=O) groups is 2. The Morgan fingerprint density at radius 1 is 1.10 bits per heavy atom. The molecule has 10 heteroatoms. The van der Waals surface area contributed by atoms with Crippen molar-refractivity contribution in [1.82, 2.24) is 15.6 Å². The molecule has 2 N–H and O–H groups in total. The van der Waals surface area contributed by atoms with Gasteiger partial charge in [0.1, 0.15) is 16.3 Å². The van der Waals surface area contributed by atoms with Crippen molar-refractivity contribution in [3.05, 3.63) is 63.9 Å². The van der Waals surface area contributed by atoms with E-state index in [4.69, 9.17) is 0 Å². The Morgan fingerprint density at radius 2 is 1.83 bits per heavy atom. The van der Waals surface area contributed by atoms with E-state index >= 15 is 0 Å². The smallest absolute Gasteiger partial charge is 0.354 e. The zero-order valence-electron chi connectivity index (χ0n) is 15.8. The lowest BCUT2D eigenvalue weighted by Gasteiger charge is -2.07. The van der Waals surface area contributed by atoms with Crippen LogP contribution in [0, 0.1) is 12.7 Å². The van der Waals surface area contributed by atoms with Gasteiger partial charge >= 0.3 is 6.18 Å². The summed E-state index contributed by atoms with van der Waals surface area (Å²) in [6, 6.07) is 7.89. The van der Waals surface area contributed by atoms with Gasteiger partial charge in [-0.05, 0) is 42.3 Å². The molecule has 2 heterocycles. The summed E-state index contributed by atoms with van der Waals surface area (Å²) in [7, 11) is 0. The van der Waals surface area contributed by atoms with E-state index in [0.29, 0.717) is 16.5 Å². The number of hydrogen-bond donors (Lipinski definition) is 2. The van der Waals surface area contributed by atoms with Crippen LogP contribution in [-0.2, 0) is 17.4 Å². The van der Waals surface area contributed by atoms with Gasteiger partial charge in [0, 0.05) is 18.5 Å². The Kier molecular flexibility index (Phi) is 6.35. The molecular formula is C20H17F4N3O2S. The van der Waals surface area contributed by atoms with Crippen LogP contribution in [0.1, 0.15) is 26.5 Å². The molecule has 0 aliphatic carbocycles. The molecule has 3 aromatic rings. The quantitative estimate of drug-likeness (QED) is 0.453. The van der Waals surface area contributed by atoms with Crippen LogP contribution in [0.15, 0.2) is 36.4 Å². The van der Waals surface area contributed by atoms with Gasteiger partial charge in [0.05, 0.1) is 11.3 Å². The molecule has 3 rings (SSSR count). The number of nitrogens with zero attached hydrogens (tertiary/aromatic N) is 1. The number of alkyl halides is 3. The van der Waals surface area contributed by atoms with Crippen LogP contribution in [0.3, 0.4) is 0 Å². The van der Waals surface area contributed by atoms with Crippen molar-refractivity contribution in [2.45, 2.75) is 19.5 Å². The summed E-state index contributed by atoms with van der Waals surface area (Å²) in [5.74, 6) is -1.21. The molecule has 0 aliphatic heterocycles. The highest BCUT2D eigenvalue weighted by atomic mass is 32.1. The highest BCUT2D eigenvalue weighted by molar-refractivity contribution is 7.20. The first-order chi connectivity index (χ1) is 14.1. The van der Waals surface area contributed by atoms with Gasteiger partial charge < -0.3 is 10.6 Å². The zero-order valence-corrected chi connectivity index (χ0v) is 16.6. The third-order valence-electron chi connectivity index (χ3n) is 4.29. The molecule has 0 fully saturated rings. The number of rotatable bonds is 6. The minimum Gasteiger partial charge on any atom is -0.354 e. The highest BCUT2D eigenvalue weighted by Gasteiger charge is 2.33. The van der Waals surface area contributed by atoms with Crippen molar-refractivity contribution in [2.24, 2.45) is 0 Å². The minimum absolute atomic E-state index is 0.00827. The van der Waals surface area contributed by atoms with Gasteiger partial charge in [0.15, 0.2) is 0 Å². The zero-order chi connectivity index (χ0) is 21.9. The fourth-order valence-corrected chi connectivity index (χ4v) is 3.92. The van der Waals surface area contributed by atoms with E-state index in [0.717, 1.165) is 17.4 Å². The molecule has 5 nitrogen and oxygen atoms in total. The molecular weight excluding hydrogens is 422 g/mol. The molecule has 30 heavy (non-hydrogen) atoms. The van der Waals surface area contributed by atoms with Gasteiger partial charge in [-0.25, -0.2) is 9.37 Å². The number of pyridine rings is 1. The minimum atomic E-state index is -4.56. The van der Waals surface area contributed by atoms with Crippen LogP contribution >= 0.6 is 11.3 Å². The Hall–Kier alpha value is -3.01. The van der Waals surface area contributed by atoms with Gasteiger partial charge in [0.2, 0.25) is 5.91 Å². The summed E-state index contributed by atoms with van der Waals surface area (Å²) in [6.07, 6.45) is -4.55. The predicted octanol–water partition coefficient (Wildman–Crippen LogP) is 3.85. The number of benzene rings is 1. The second-order valence-electron chi connectivity index (χ2n) is 6.52. The standard InChI is InChI=1S/C20H17F4N3O2S/c1-11-14-5-6-15(20(22,23)24)27-19(14)30-17(11)18(29)26-8-7-25-16(28)10-12-3-2-4-13(21)9-12/h2-6,9H,7-8,10H2,1H3,(H,25,28)(H,26,29). The van der Waals surface area contributed by atoms with Crippen molar-refractivity contribution in [3.63, 3.8) is 0 Å². The monoisotopic (exact) mass is 439 g/mol. The van der Waals surface area contributed by atoms with Crippen LogP contribution in [0.5, 0.6) is 0 Å². The van der Waals surface area contributed by atoms with Crippen molar-refractivity contribution < 1.29 is 27.2 Å². The molecule has 0 aliphatic rings. The molecule has 158 valence electrons. The van der Waals surface area contributed by atoms with Crippen LogP contribution in [0.4, 0.5) is 17.6 Å². The fourth-order valence-electron chi connectivity index (χ4n) is 2.83. The van der Waals surface area contributed by atoms with Gasteiger partial charge in [-0.3, -0.25) is 9.59 Å². The maximum absolute atomic E-state index is 13.1. The number of carbonyl (C=O) groups excluding carboxylic acids is 2. The Bertz CT molecular complexity index is 1100. The molecule has 0 atom stereocenters. The van der Waals surface area contributed by atoms with Crippen molar-refractivity contribution in [2.75, 3.05) is 13.1 Å². The lowest BCUT2D eigenvalue weighted by atomic mass is 10.1. The van der Waals surface area contributed by atoms with E-state index < -0.39 is 23.6 Å². The molecule has 0 unspecified atom stereocenters. The third kappa shape index (κ3) is 5.12. The SMILES string of the molecule is Cc1c(C(=O)NCCNC(=O)Cc2cccc(F)c2)sc2nc(C(F)(F)F)ccc12. The van der Waals surface area contributed by atoms with E-state index in [9.17, 15) is 27.2 Å². The molecule has 0 saturated carbocycles. The van der Waals surface area contributed by atoms with E-state index in [1.807, 2.05) is 0 Å². The van der Waals surface area contributed by atoms with Gasteiger partial charge in [-0.1, -0.05) is 12.1 Å². The number of amides is 2. The first kappa shape index (κ1) is 21.7. The molecule has 0 bridgehead atoms. The number of aryl methyl sites for hydroxylation is 1. The molecule has 2 aromatic heterocycles. The average Bonchev–Trinajstić information content (AvgIpc) is 3.01. The van der Waals surface area contributed by atoms with Gasteiger partial charge in [-0.2, -0.15) is 13.2 Å². The molecule has 1 aromatic carbocycles. The van der Waals surface area contributed by atoms with Crippen molar-refractivity contribution in [3.8, 4) is 0 Å². The van der Waals surface area contributed by atoms with Crippen LogP contribution in [0.25, 0.3) is 10.2 Å². The summed E-state index contributed by atoms with van der Waals surface area (Å²) < 4.78 is 51.6. The normalized spacial score (nSPS) is 11.5. The number of fused-ring (bicyclic) bond motifs is 1. The lowest BCUT2D eigenvalue weighted by molar-refractivity contribution is -0.140. The summed E-state index contributed by atoms with van der Waals surface area (Å²) >= 11 is 0.884. The maximum atomic E-state index is 13.1. The highest BCUT2D eigenvalue weighted by Crippen LogP contribution is 2.34. The largest absolute Gasteiger partial charge is 0.433 e. The first-order valence-electron chi connectivity index (χ1n) is 8.92. The summed E-state index contributed by atoms with van der Waals surface area (Å²) in [5, 5.41) is 5.72. The van der Waals surface area contributed by atoms with Gasteiger partial charge in [0.25, 0.3) is 5.91 Å². The molecule has 0 radical (unpaired) electrons. The van der Waals surface area contributed by atoms with Crippen LogP contribution in [0.2, 0.25) is 0 Å². The summed E-state index contributed by atoms with van der Waals surface area (Å²) in [5.41, 5.74) is 0.0660. The molecule has 2 amide bonds. The predicted molar refractivity (Wildman–Crippen MR) is 105 cm³/mol. The Balaban J connectivity index is 1.55. The summed E-state index contributed by atoms with van der Waals surface area (Å²) in [6.45, 7) is 1.92. The second kappa shape index (κ2) is 8.78. The van der Waals surface area contributed by atoms with Crippen molar-refractivity contribution in [1.29, 1.82) is 0 Å². The summed E-state index contributed by atoms with van der Waals surface area (Å²) in [4.78, 5) is 28.3. The van der Waals surface area contributed by atoms with Crippen molar-refractivity contribution >= 4 is 33.4 Å². The second-order valence-corrected chi connectivity index (χ2v) is 7.51.